The van der Waals surface area contributed by atoms with Gasteiger partial charge in [-0.1, -0.05) is 20.8 Å². The largest absolute Gasteiger partial charge is 0.311 e. The Bertz CT molecular complexity index is 183. The van der Waals surface area contributed by atoms with Crippen LogP contribution in [0.4, 0.5) is 0 Å². The average molecular weight is 195 g/mol. The summed E-state index contributed by atoms with van der Waals surface area (Å²) in [6.07, 6.45) is 8.65. The molecule has 0 unspecified atom stereocenters. The van der Waals surface area contributed by atoms with Gasteiger partial charge in [0.05, 0.1) is 0 Å². The third-order valence-corrected chi connectivity index (χ3v) is 4.51. The standard InChI is InChI=1S/C13H25N/c1-11(2)10-14-13-7-4-12(3,5-8-13)6-9-13/h11,14H,4-10H2,1-3H3. The molecular formula is C13H25N. The number of hydrogen-bond acceptors (Lipinski definition) is 1. The molecule has 0 amide bonds. The Morgan fingerprint density at radius 1 is 1.00 bits per heavy atom. The van der Waals surface area contributed by atoms with Crippen LogP contribution < -0.4 is 5.32 Å². The molecule has 0 saturated heterocycles. The van der Waals surface area contributed by atoms with Gasteiger partial charge in [-0.3, -0.25) is 0 Å². The maximum Gasteiger partial charge on any atom is 0.0182 e. The third kappa shape index (κ3) is 1.98. The smallest absolute Gasteiger partial charge is 0.0182 e. The summed E-state index contributed by atoms with van der Waals surface area (Å²) in [5, 5.41) is 3.84. The van der Waals surface area contributed by atoms with Crippen molar-refractivity contribution < 1.29 is 0 Å². The molecule has 3 rings (SSSR count). The van der Waals surface area contributed by atoms with Crippen LogP contribution >= 0.6 is 0 Å². The molecule has 82 valence electrons. The van der Waals surface area contributed by atoms with E-state index in [0.29, 0.717) is 11.0 Å². The van der Waals surface area contributed by atoms with E-state index in [4.69, 9.17) is 0 Å². The highest BCUT2D eigenvalue weighted by atomic mass is 15.0. The van der Waals surface area contributed by atoms with E-state index in [-0.39, 0.29) is 0 Å². The van der Waals surface area contributed by atoms with Crippen LogP contribution in [0.3, 0.4) is 0 Å². The van der Waals surface area contributed by atoms with Crippen LogP contribution in [0, 0.1) is 11.3 Å². The van der Waals surface area contributed by atoms with E-state index < -0.39 is 0 Å². The minimum absolute atomic E-state index is 0.544. The lowest BCUT2D eigenvalue weighted by molar-refractivity contribution is 0.0355. The van der Waals surface area contributed by atoms with Gasteiger partial charge in [0.25, 0.3) is 0 Å². The summed E-state index contributed by atoms with van der Waals surface area (Å²) in [5.41, 5.74) is 1.25. The molecule has 0 radical (unpaired) electrons. The first-order valence-corrected chi connectivity index (χ1v) is 6.29. The molecule has 3 aliphatic carbocycles. The van der Waals surface area contributed by atoms with Crippen molar-refractivity contribution in [1.29, 1.82) is 0 Å². The van der Waals surface area contributed by atoms with Gasteiger partial charge >= 0.3 is 0 Å². The highest BCUT2D eigenvalue weighted by molar-refractivity contribution is 5.02. The van der Waals surface area contributed by atoms with E-state index >= 15 is 0 Å². The van der Waals surface area contributed by atoms with Gasteiger partial charge in [-0.05, 0) is 56.4 Å². The molecule has 0 aromatic carbocycles. The van der Waals surface area contributed by atoms with Crippen molar-refractivity contribution in [2.75, 3.05) is 6.54 Å². The van der Waals surface area contributed by atoms with E-state index in [1.807, 2.05) is 0 Å². The molecule has 1 nitrogen and oxygen atoms in total. The molecule has 0 aromatic heterocycles. The molecule has 0 aliphatic heterocycles. The fourth-order valence-electron chi connectivity index (χ4n) is 3.06. The first-order valence-electron chi connectivity index (χ1n) is 6.29. The number of nitrogens with one attached hydrogen (secondary N) is 1. The Balaban J connectivity index is 1.92. The zero-order valence-corrected chi connectivity index (χ0v) is 10.0. The molecule has 0 heterocycles. The minimum Gasteiger partial charge on any atom is -0.311 e. The van der Waals surface area contributed by atoms with E-state index in [0.717, 1.165) is 5.92 Å². The first-order chi connectivity index (χ1) is 6.54. The fourth-order valence-corrected chi connectivity index (χ4v) is 3.06. The highest BCUT2D eigenvalue weighted by Crippen LogP contribution is 2.51. The Hall–Kier alpha value is -0.0400. The van der Waals surface area contributed by atoms with Crippen molar-refractivity contribution in [2.45, 2.75) is 64.8 Å². The summed E-state index contributed by atoms with van der Waals surface area (Å²) in [6, 6.07) is 0. The third-order valence-electron chi connectivity index (χ3n) is 4.51. The highest BCUT2D eigenvalue weighted by Gasteiger charge is 2.45. The van der Waals surface area contributed by atoms with E-state index in [1.165, 1.54) is 45.1 Å². The Morgan fingerprint density at radius 2 is 1.50 bits per heavy atom. The van der Waals surface area contributed by atoms with Crippen LogP contribution in [-0.4, -0.2) is 12.1 Å². The molecular weight excluding hydrogens is 170 g/mol. The van der Waals surface area contributed by atoms with Gasteiger partial charge < -0.3 is 5.32 Å². The molecule has 1 N–H and O–H groups in total. The molecule has 1 heteroatoms. The van der Waals surface area contributed by atoms with Crippen LogP contribution in [-0.2, 0) is 0 Å². The predicted octanol–water partition coefficient (Wildman–Crippen LogP) is 3.34. The van der Waals surface area contributed by atoms with Gasteiger partial charge in [0.2, 0.25) is 0 Å². The number of rotatable bonds is 3. The van der Waals surface area contributed by atoms with Gasteiger partial charge in [-0.25, -0.2) is 0 Å². The normalized spacial score (nSPS) is 42.0. The summed E-state index contributed by atoms with van der Waals surface area (Å²) in [4.78, 5) is 0. The van der Waals surface area contributed by atoms with Crippen molar-refractivity contribution in [3.63, 3.8) is 0 Å². The van der Waals surface area contributed by atoms with Crippen molar-refractivity contribution in [2.24, 2.45) is 11.3 Å². The van der Waals surface area contributed by atoms with E-state index in [2.05, 4.69) is 26.1 Å². The summed E-state index contributed by atoms with van der Waals surface area (Å²) in [6.45, 7) is 8.30. The lowest BCUT2D eigenvalue weighted by Gasteiger charge is -2.52. The summed E-state index contributed by atoms with van der Waals surface area (Å²) in [7, 11) is 0. The van der Waals surface area contributed by atoms with Crippen LogP contribution in [0.1, 0.15) is 59.3 Å². The molecule has 3 fully saturated rings. The van der Waals surface area contributed by atoms with Crippen molar-refractivity contribution >= 4 is 0 Å². The van der Waals surface area contributed by atoms with Crippen LogP contribution in [0.15, 0.2) is 0 Å². The van der Waals surface area contributed by atoms with Crippen LogP contribution in [0.25, 0.3) is 0 Å². The molecule has 3 aliphatic rings. The molecule has 3 saturated carbocycles. The van der Waals surface area contributed by atoms with Gasteiger partial charge in [0.15, 0.2) is 0 Å². The molecule has 0 spiro atoms. The van der Waals surface area contributed by atoms with Crippen LogP contribution in [0.5, 0.6) is 0 Å². The van der Waals surface area contributed by atoms with Crippen LogP contribution in [0.2, 0.25) is 0 Å². The predicted molar refractivity (Wildman–Crippen MR) is 61.4 cm³/mol. The monoisotopic (exact) mass is 195 g/mol. The zero-order valence-electron chi connectivity index (χ0n) is 10.0. The second-order valence-corrected chi connectivity index (χ2v) is 6.37. The first kappa shape index (κ1) is 10.5. The molecule has 0 aromatic rings. The minimum atomic E-state index is 0.544. The maximum absolute atomic E-state index is 3.84. The zero-order chi connectivity index (χ0) is 10.2. The second-order valence-electron chi connectivity index (χ2n) is 6.37. The van der Waals surface area contributed by atoms with Gasteiger partial charge in [0, 0.05) is 5.54 Å². The lowest BCUT2D eigenvalue weighted by atomic mass is 9.58. The lowest BCUT2D eigenvalue weighted by Crippen LogP contribution is -2.54. The topological polar surface area (TPSA) is 12.0 Å². The summed E-state index contributed by atoms with van der Waals surface area (Å²) < 4.78 is 0. The second kappa shape index (κ2) is 3.52. The Kier molecular flexibility index (Phi) is 2.63. The summed E-state index contributed by atoms with van der Waals surface area (Å²) in [5.74, 6) is 0.791. The van der Waals surface area contributed by atoms with Crippen molar-refractivity contribution in [3.8, 4) is 0 Å². The van der Waals surface area contributed by atoms with Gasteiger partial charge in [0.1, 0.15) is 0 Å². The number of hydrogen-bond donors (Lipinski definition) is 1. The van der Waals surface area contributed by atoms with Gasteiger partial charge in [-0.15, -0.1) is 0 Å². The summed E-state index contributed by atoms with van der Waals surface area (Å²) >= 11 is 0. The van der Waals surface area contributed by atoms with Crippen molar-refractivity contribution in [1.82, 2.24) is 5.32 Å². The quantitative estimate of drug-likeness (QED) is 0.728. The SMILES string of the molecule is CC(C)CNC12CCC(C)(CC1)CC2. The van der Waals surface area contributed by atoms with E-state index in [1.54, 1.807) is 0 Å². The average Bonchev–Trinajstić information content (AvgIpc) is 2.17. The van der Waals surface area contributed by atoms with E-state index in [9.17, 15) is 0 Å². The fraction of sp³-hybridized carbons (Fsp3) is 1.00. The molecule has 0 atom stereocenters. The Morgan fingerprint density at radius 3 is 1.93 bits per heavy atom. The van der Waals surface area contributed by atoms with Gasteiger partial charge in [-0.2, -0.15) is 0 Å². The number of fused-ring (bicyclic) bond motifs is 3. The maximum atomic E-state index is 3.84. The Labute approximate surface area is 88.7 Å². The van der Waals surface area contributed by atoms with Crippen molar-refractivity contribution in [3.05, 3.63) is 0 Å². The molecule has 2 bridgehead atoms. The molecule has 14 heavy (non-hydrogen) atoms.